The lowest BCUT2D eigenvalue weighted by Gasteiger charge is -2.16. The van der Waals surface area contributed by atoms with Crippen LogP contribution in [0.15, 0.2) is 76.4 Å². The van der Waals surface area contributed by atoms with E-state index in [4.69, 9.17) is 0 Å². The molecule has 0 saturated carbocycles. The minimum absolute atomic E-state index is 0.0326. The fraction of sp³-hybridized carbons (Fsp3) is 0.0870. The van der Waals surface area contributed by atoms with Gasteiger partial charge in [0, 0.05) is 29.7 Å². The van der Waals surface area contributed by atoms with Crippen molar-refractivity contribution in [1.82, 2.24) is 4.98 Å². The van der Waals surface area contributed by atoms with Crippen molar-refractivity contribution in [1.29, 1.82) is 0 Å². The van der Waals surface area contributed by atoms with E-state index in [9.17, 15) is 23.1 Å². The summed E-state index contributed by atoms with van der Waals surface area (Å²) in [6.45, 7) is 0.202. The highest BCUT2D eigenvalue weighted by Gasteiger charge is 2.21. The lowest BCUT2D eigenvalue weighted by atomic mass is 10.1. The van der Waals surface area contributed by atoms with Gasteiger partial charge in [-0.1, -0.05) is 18.2 Å². The van der Waals surface area contributed by atoms with Crippen LogP contribution in [0.5, 0.6) is 5.75 Å². The highest BCUT2D eigenvalue weighted by atomic mass is 32.2. The number of hydrogen-bond acceptors (Lipinski definition) is 8. The van der Waals surface area contributed by atoms with Crippen LogP contribution in [0, 0.1) is 0 Å². The van der Waals surface area contributed by atoms with Gasteiger partial charge in [-0.15, -0.1) is 0 Å². The van der Waals surface area contributed by atoms with Gasteiger partial charge in [-0.25, -0.2) is 8.42 Å². The number of aromatic hydroxyl groups is 1. The number of phenols is 1. The molecule has 4 aromatic rings. The van der Waals surface area contributed by atoms with Gasteiger partial charge >= 0.3 is 0 Å². The quantitative estimate of drug-likeness (QED) is 0.231. The van der Waals surface area contributed by atoms with E-state index in [0.29, 0.717) is 28.2 Å². The molecule has 1 aromatic heterocycles. The minimum Gasteiger partial charge on any atom is -0.507 e. The van der Waals surface area contributed by atoms with Crippen LogP contribution in [0.25, 0.3) is 11.3 Å². The lowest BCUT2D eigenvalue weighted by Crippen LogP contribution is -2.36. The second-order valence-electron chi connectivity index (χ2n) is 7.41. The molecule has 3 aromatic carbocycles. The third kappa shape index (κ3) is 5.01. The normalized spacial score (nSPS) is 11.3. The van der Waals surface area contributed by atoms with Gasteiger partial charge in [-0.05, 0) is 48.0 Å². The maximum atomic E-state index is 12.2. The van der Waals surface area contributed by atoms with Crippen LogP contribution >= 0.6 is 0 Å². The first kappa shape index (κ1) is 22.0. The molecule has 168 valence electrons. The van der Waals surface area contributed by atoms with E-state index in [-0.39, 0.29) is 23.7 Å². The highest BCUT2D eigenvalue weighted by Crippen LogP contribution is 2.32. The Bertz CT molecular complexity index is 1490. The molecule has 0 spiro atoms. The van der Waals surface area contributed by atoms with E-state index in [1.165, 1.54) is 6.07 Å². The van der Waals surface area contributed by atoms with Crippen LogP contribution in [-0.2, 0) is 16.6 Å². The lowest BCUT2D eigenvalue weighted by molar-refractivity contribution is 0.477. The molecule has 0 aliphatic heterocycles. The Kier molecular flexibility index (Phi) is 5.84. The van der Waals surface area contributed by atoms with E-state index in [1.807, 2.05) is 0 Å². The highest BCUT2D eigenvalue weighted by molar-refractivity contribution is 7.92. The zero-order chi connectivity index (χ0) is 23.6. The van der Waals surface area contributed by atoms with Gasteiger partial charge in [0.1, 0.15) is 17.1 Å². The van der Waals surface area contributed by atoms with Crippen LogP contribution in [-0.4, -0.2) is 24.8 Å². The summed E-state index contributed by atoms with van der Waals surface area (Å²) in [5.74, 6) is 0.0326. The van der Waals surface area contributed by atoms with Crippen molar-refractivity contribution >= 4 is 32.8 Å². The van der Waals surface area contributed by atoms with Crippen molar-refractivity contribution in [2.75, 3.05) is 21.6 Å². The zero-order valence-electron chi connectivity index (χ0n) is 17.5. The summed E-state index contributed by atoms with van der Waals surface area (Å²) >= 11 is 0. The molecule has 0 fully saturated rings. The molecule has 9 nitrogen and oxygen atoms in total. The summed E-state index contributed by atoms with van der Waals surface area (Å²) in [6.07, 6.45) is 2.66. The van der Waals surface area contributed by atoms with E-state index in [2.05, 4.69) is 20.3 Å². The minimum atomic E-state index is -3.42. The largest absolute Gasteiger partial charge is 0.507 e. The van der Waals surface area contributed by atoms with Crippen molar-refractivity contribution in [3.05, 3.63) is 92.9 Å². The van der Waals surface area contributed by atoms with Gasteiger partial charge in [0.2, 0.25) is 10.0 Å². The Labute approximate surface area is 189 Å². The molecule has 4 rings (SSSR count). The van der Waals surface area contributed by atoms with Gasteiger partial charge < -0.3 is 15.7 Å². The average molecular weight is 465 g/mol. The summed E-state index contributed by atoms with van der Waals surface area (Å²) < 4.78 is 25.2. The number of hydrogen-bond donors (Lipinski definition) is 4. The Balaban J connectivity index is 1.53. The number of anilines is 4. The number of phenolic OH excluding ortho intramolecular Hbond substituents is 1. The molecule has 33 heavy (non-hydrogen) atoms. The fourth-order valence-corrected chi connectivity index (χ4v) is 3.87. The first-order chi connectivity index (χ1) is 15.7. The van der Waals surface area contributed by atoms with Crippen molar-refractivity contribution in [3.63, 3.8) is 0 Å². The van der Waals surface area contributed by atoms with Gasteiger partial charge in [0.25, 0.3) is 10.9 Å². The van der Waals surface area contributed by atoms with E-state index < -0.39 is 20.9 Å². The maximum absolute atomic E-state index is 12.2. The van der Waals surface area contributed by atoms with Gasteiger partial charge in [-0.3, -0.25) is 19.3 Å². The van der Waals surface area contributed by atoms with Crippen LogP contribution < -0.4 is 26.2 Å². The van der Waals surface area contributed by atoms with E-state index >= 15 is 0 Å². The number of aromatic nitrogens is 1. The van der Waals surface area contributed by atoms with Crippen molar-refractivity contribution < 1.29 is 13.5 Å². The monoisotopic (exact) mass is 464 g/mol. The number of sulfonamides is 1. The zero-order valence-corrected chi connectivity index (χ0v) is 18.3. The molecule has 0 amide bonds. The fourth-order valence-electron chi connectivity index (χ4n) is 3.31. The SMILES string of the molecule is CS(=O)(=O)Nc1cccc(CNc2c(Nc3ccc(O)c(-c4ccccn4)c3)c(=O)c2=O)c1. The van der Waals surface area contributed by atoms with E-state index in [1.54, 1.807) is 60.8 Å². The number of nitrogens with zero attached hydrogens (tertiary/aromatic N) is 1. The van der Waals surface area contributed by atoms with E-state index in [0.717, 1.165) is 6.26 Å². The maximum Gasteiger partial charge on any atom is 0.253 e. The Morgan fingerprint density at radius 2 is 1.70 bits per heavy atom. The Morgan fingerprint density at radius 3 is 2.42 bits per heavy atom. The molecule has 10 heteroatoms. The molecule has 0 unspecified atom stereocenters. The van der Waals surface area contributed by atoms with Crippen molar-refractivity contribution in [3.8, 4) is 17.0 Å². The summed E-state index contributed by atoms with van der Waals surface area (Å²) in [4.78, 5) is 28.5. The molecule has 4 N–H and O–H groups in total. The molecule has 1 heterocycles. The second-order valence-corrected chi connectivity index (χ2v) is 9.16. The predicted molar refractivity (Wildman–Crippen MR) is 128 cm³/mol. The summed E-state index contributed by atoms with van der Waals surface area (Å²) in [6, 6.07) is 16.7. The average Bonchev–Trinajstić information content (AvgIpc) is 2.79. The second kappa shape index (κ2) is 8.75. The Hall–Kier alpha value is -4.18. The molecule has 0 aliphatic rings. The molecule has 0 bridgehead atoms. The standard InChI is InChI=1S/C23H20N4O5S/c1-33(31,32)27-16-6-4-5-14(11-16)13-25-20-21(23(30)22(20)29)26-15-8-9-19(28)17(12-15)18-7-2-3-10-24-18/h2-12,25-28H,13H2,1H3. The first-order valence-corrected chi connectivity index (χ1v) is 11.8. The molecular weight excluding hydrogens is 444 g/mol. The first-order valence-electron chi connectivity index (χ1n) is 9.86. The number of nitrogens with one attached hydrogen (secondary N) is 3. The van der Waals surface area contributed by atoms with Gasteiger partial charge in [-0.2, -0.15) is 0 Å². The number of rotatable bonds is 8. The van der Waals surface area contributed by atoms with Gasteiger partial charge in [0.15, 0.2) is 0 Å². The smallest absolute Gasteiger partial charge is 0.253 e. The topological polar surface area (TPSA) is 137 Å². The molecule has 0 atom stereocenters. The van der Waals surface area contributed by atoms with Gasteiger partial charge in [0.05, 0.1) is 11.9 Å². The summed E-state index contributed by atoms with van der Waals surface area (Å²) in [5.41, 5.74) is 1.59. The Morgan fingerprint density at radius 1 is 0.909 bits per heavy atom. The third-order valence-corrected chi connectivity index (χ3v) is 5.42. The van der Waals surface area contributed by atoms with Crippen LogP contribution in [0.3, 0.4) is 0 Å². The number of benzene rings is 2. The van der Waals surface area contributed by atoms with Crippen LogP contribution in [0.1, 0.15) is 5.56 Å². The molecule has 0 aliphatic carbocycles. The van der Waals surface area contributed by atoms with Crippen LogP contribution in [0.4, 0.5) is 22.7 Å². The molecule has 0 radical (unpaired) electrons. The number of pyridine rings is 1. The summed E-state index contributed by atoms with van der Waals surface area (Å²) in [7, 11) is -3.42. The summed E-state index contributed by atoms with van der Waals surface area (Å²) in [5, 5.41) is 16.1. The van der Waals surface area contributed by atoms with Crippen molar-refractivity contribution in [2.24, 2.45) is 0 Å². The third-order valence-electron chi connectivity index (χ3n) is 4.82. The molecular formula is C23H20N4O5S. The van der Waals surface area contributed by atoms with Crippen molar-refractivity contribution in [2.45, 2.75) is 6.54 Å². The van der Waals surface area contributed by atoms with Crippen LogP contribution in [0.2, 0.25) is 0 Å². The molecule has 0 saturated heterocycles. The predicted octanol–water partition coefficient (Wildman–Crippen LogP) is 2.78.